The number of benzene rings is 1. The number of rotatable bonds is 7. The van der Waals surface area contributed by atoms with Gasteiger partial charge in [0, 0.05) is 13.0 Å². The highest BCUT2D eigenvalue weighted by atomic mass is 35.5. The van der Waals surface area contributed by atoms with E-state index < -0.39 is 38.3 Å². The molecule has 0 aliphatic heterocycles. The van der Waals surface area contributed by atoms with Crippen molar-refractivity contribution in [3.63, 3.8) is 0 Å². The minimum Gasteiger partial charge on any atom is -0.455 e. The molecule has 138 valence electrons. The molecule has 10 heteroatoms. The van der Waals surface area contributed by atoms with Crippen molar-refractivity contribution in [3.05, 3.63) is 29.8 Å². The third kappa shape index (κ3) is 4.84. The number of halogens is 2. The van der Waals surface area contributed by atoms with Gasteiger partial charge in [-0.2, -0.15) is 0 Å². The topological polar surface area (TPSA) is 116 Å². The number of hydrogen-bond donors (Lipinski definition) is 2. The Morgan fingerprint density at radius 2 is 1.84 bits per heavy atom. The average Bonchev–Trinajstić information content (AvgIpc) is 3.04. The molecule has 1 saturated carbocycles. The van der Waals surface area contributed by atoms with Crippen LogP contribution >= 0.6 is 23.2 Å². The van der Waals surface area contributed by atoms with Gasteiger partial charge >= 0.3 is 5.97 Å². The van der Waals surface area contributed by atoms with Gasteiger partial charge in [-0.15, -0.1) is 23.2 Å². The molecule has 0 radical (unpaired) electrons. The Bertz CT molecular complexity index is 780. The first-order valence-electron chi connectivity index (χ1n) is 7.39. The van der Waals surface area contributed by atoms with Crippen LogP contribution in [0.25, 0.3) is 0 Å². The van der Waals surface area contributed by atoms with Crippen molar-refractivity contribution < 1.29 is 22.7 Å². The number of carbonyl (C=O) groups is 2. The molecule has 1 aliphatic carbocycles. The van der Waals surface area contributed by atoms with Crippen LogP contribution in [0.3, 0.4) is 0 Å². The Morgan fingerprint density at radius 1 is 1.28 bits per heavy atom. The van der Waals surface area contributed by atoms with Gasteiger partial charge in [0.2, 0.25) is 10.0 Å². The van der Waals surface area contributed by atoms with E-state index in [1.165, 1.54) is 12.1 Å². The summed E-state index contributed by atoms with van der Waals surface area (Å²) in [4.78, 5) is 23.5. The first kappa shape index (κ1) is 20.0. The molecule has 0 unspecified atom stereocenters. The molecule has 1 fully saturated rings. The Morgan fingerprint density at radius 3 is 2.32 bits per heavy atom. The normalized spacial score (nSPS) is 21.4. The molecule has 0 aromatic heterocycles. The highest BCUT2D eigenvalue weighted by molar-refractivity contribution is 7.89. The number of primary sulfonamides is 1. The Hall–Kier alpha value is -1.35. The molecule has 1 aromatic carbocycles. The molecular formula is C15H18Cl2N2O5S. The quantitative estimate of drug-likeness (QED) is 0.517. The van der Waals surface area contributed by atoms with Gasteiger partial charge in [0.15, 0.2) is 6.61 Å². The minimum absolute atomic E-state index is 0.0235. The van der Waals surface area contributed by atoms with Crippen LogP contribution in [0.2, 0.25) is 0 Å². The Labute approximate surface area is 155 Å². The monoisotopic (exact) mass is 408 g/mol. The fraction of sp³-hybridized carbons (Fsp3) is 0.467. The molecule has 1 amide bonds. The lowest BCUT2D eigenvalue weighted by molar-refractivity contribution is -0.153. The first-order chi connectivity index (χ1) is 11.5. The van der Waals surface area contributed by atoms with E-state index in [4.69, 9.17) is 33.1 Å². The van der Waals surface area contributed by atoms with Crippen molar-refractivity contribution >= 4 is 45.1 Å². The van der Waals surface area contributed by atoms with Crippen LogP contribution in [0.15, 0.2) is 29.2 Å². The summed E-state index contributed by atoms with van der Waals surface area (Å²) in [5.41, 5.74) is -0.147. The van der Waals surface area contributed by atoms with Crippen LogP contribution in [0, 0.1) is 5.41 Å². The van der Waals surface area contributed by atoms with Gasteiger partial charge in [-0.3, -0.25) is 9.59 Å². The number of ether oxygens (including phenoxy) is 1. The predicted octanol–water partition coefficient (Wildman–Crippen LogP) is 1.12. The van der Waals surface area contributed by atoms with Gasteiger partial charge in [-0.05, 0) is 31.0 Å². The van der Waals surface area contributed by atoms with E-state index >= 15 is 0 Å². The highest BCUT2D eigenvalue weighted by Gasteiger charge is 2.69. The van der Waals surface area contributed by atoms with Crippen molar-refractivity contribution in [3.8, 4) is 0 Å². The summed E-state index contributed by atoms with van der Waals surface area (Å²) >= 11 is 11.7. The Balaban J connectivity index is 1.71. The molecule has 0 spiro atoms. The summed E-state index contributed by atoms with van der Waals surface area (Å²) in [6.07, 6.45) is 0.771. The van der Waals surface area contributed by atoms with Crippen molar-refractivity contribution in [1.82, 2.24) is 5.32 Å². The number of esters is 1. The minimum atomic E-state index is -3.72. The zero-order valence-electron chi connectivity index (χ0n) is 13.4. The standard InChI is InChI=1S/C15H18Cl2N2O5S/c1-14(9-15(14,16)17)13(21)24-8-12(20)19-7-6-10-2-4-11(5-3-10)25(18,22)23/h2-5H,6-9H2,1H3,(H,19,20)(H2,18,22,23)/t14-/m1/s1. The third-order valence-electron chi connectivity index (χ3n) is 4.03. The predicted molar refractivity (Wildman–Crippen MR) is 92.6 cm³/mol. The van der Waals surface area contributed by atoms with Gasteiger partial charge in [0.05, 0.1) is 4.90 Å². The average molecular weight is 409 g/mol. The first-order valence-corrected chi connectivity index (χ1v) is 9.69. The van der Waals surface area contributed by atoms with E-state index in [0.717, 1.165) is 5.56 Å². The molecule has 2 rings (SSSR count). The number of nitrogens with two attached hydrogens (primary N) is 1. The molecule has 0 bridgehead atoms. The number of sulfonamides is 1. The molecule has 0 heterocycles. The fourth-order valence-electron chi connectivity index (χ4n) is 2.15. The molecule has 0 saturated heterocycles. The SMILES string of the molecule is C[C@]1(C(=O)OCC(=O)NCCc2ccc(S(N)(=O)=O)cc2)CC1(Cl)Cl. The number of nitrogens with one attached hydrogen (secondary N) is 1. The summed E-state index contributed by atoms with van der Waals surface area (Å²) in [5, 5.41) is 7.61. The van der Waals surface area contributed by atoms with E-state index in [2.05, 4.69) is 5.32 Å². The largest absolute Gasteiger partial charge is 0.455 e. The fourth-order valence-corrected chi connectivity index (χ4v) is 3.36. The van der Waals surface area contributed by atoms with E-state index in [-0.39, 0.29) is 11.3 Å². The number of hydrogen-bond acceptors (Lipinski definition) is 5. The summed E-state index contributed by atoms with van der Waals surface area (Å²) in [6.45, 7) is 1.47. The van der Waals surface area contributed by atoms with Crippen molar-refractivity contribution in [2.75, 3.05) is 13.2 Å². The zero-order chi connectivity index (χ0) is 18.9. The Kier molecular flexibility index (Phi) is 5.68. The van der Waals surface area contributed by atoms with E-state index in [9.17, 15) is 18.0 Å². The maximum atomic E-state index is 11.8. The molecular weight excluding hydrogens is 391 g/mol. The smallest absolute Gasteiger partial charge is 0.315 e. The molecule has 25 heavy (non-hydrogen) atoms. The summed E-state index contributed by atoms with van der Waals surface area (Å²) in [7, 11) is -3.72. The maximum Gasteiger partial charge on any atom is 0.315 e. The summed E-state index contributed by atoms with van der Waals surface area (Å²) in [5.74, 6) is -1.06. The van der Waals surface area contributed by atoms with Gasteiger partial charge in [0.25, 0.3) is 5.91 Å². The van der Waals surface area contributed by atoms with Crippen molar-refractivity contribution in [2.45, 2.75) is 29.0 Å². The van der Waals surface area contributed by atoms with Gasteiger partial charge in [-0.25, -0.2) is 13.6 Å². The lowest BCUT2D eigenvalue weighted by Crippen LogP contribution is -2.32. The lowest BCUT2D eigenvalue weighted by atomic mass is 10.1. The second kappa shape index (κ2) is 7.11. The van der Waals surface area contributed by atoms with Crippen LogP contribution in [-0.2, 0) is 30.8 Å². The van der Waals surface area contributed by atoms with Gasteiger partial charge in [-0.1, -0.05) is 12.1 Å². The molecule has 1 aliphatic rings. The van der Waals surface area contributed by atoms with Gasteiger partial charge < -0.3 is 10.1 Å². The molecule has 1 atom stereocenters. The third-order valence-corrected chi connectivity index (χ3v) is 6.06. The van der Waals surface area contributed by atoms with Crippen LogP contribution < -0.4 is 10.5 Å². The van der Waals surface area contributed by atoms with Crippen LogP contribution in [-0.4, -0.2) is 37.8 Å². The van der Waals surface area contributed by atoms with E-state index in [1.54, 1.807) is 19.1 Å². The highest BCUT2D eigenvalue weighted by Crippen LogP contribution is 2.64. The molecule has 7 nitrogen and oxygen atoms in total. The summed E-state index contributed by atoms with van der Waals surface area (Å²) < 4.78 is 26.1. The second-order valence-electron chi connectivity index (χ2n) is 6.08. The maximum absolute atomic E-state index is 11.8. The second-order valence-corrected chi connectivity index (χ2v) is 9.12. The van der Waals surface area contributed by atoms with Crippen LogP contribution in [0.5, 0.6) is 0 Å². The van der Waals surface area contributed by atoms with E-state index in [0.29, 0.717) is 13.0 Å². The van der Waals surface area contributed by atoms with E-state index in [1.807, 2.05) is 0 Å². The summed E-state index contributed by atoms with van der Waals surface area (Å²) in [6, 6.07) is 6.02. The van der Waals surface area contributed by atoms with Crippen LogP contribution in [0.4, 0.5) is 0 Å². The number of amides is 1. The molecule has 3 N–H and O–H groups in total. The lowest BCUT2D eigenvalue weighted by Gasteiger charge is -2.11. The number of alkyl halides is 2. The zero-order valence-corrected chi connectivity index (χ0v) is 15.7. The van der Waals surface area contributed by atoms with Gasteiger partial charge in [0.1, 0.15) is 9.75 Å². The molecule has 1 aromatic rings. The van der Waals surface area contributed by atoms with Crippen LogP contribution in [0.1, 0.15) is 18.9 Å². The van der Waals surface area contributed by atoms with Crippen molar-refractivity contribution in [1.29, 1.82) is 0 Å². The van der Waals surface area contributed by atoms with Crippen molar-refractivity contribution in [2.24, 2.45) is 10.6 Å². The number of carbonyl (C=O) groups excluding carboxylic acids is 2.